The van der Waals surface area contributed by atoms with Gasteiger partial charge in [0.25, 0.3) is 5.91 Å². The minimum absolute atomic E-state index is 0.0222. The summed E-state index contributed by atoms with van der Waals surface area (Å²) in [7, 11) is 0. The Morgan fingerprint density at radius 3 is 1.57 bits per heavy atom. The number of benzene rings is 1. The van der Waals surface area contributed by atoms with Crippen LogP contribution < -0.4 is 21.3 Å². The highest BCUT2D eigenvalue weighted by Gasteiger charge is 2.26. The van der Waals surface area contributed by atoms with E-state index in [0.29, 0.717) is 49.1 Å². The number of urea groups is 1. The third-order valence-corrected chi connectivity index (χ3v) is 12.3. The molecule has 2 aromatic rings. The predicted octanol–water partition coefficient (Wildman–Crippen LogP) is 0.610. The van der Waals surface area contributed by atoms with Crippen LogP contribution in [0.15, 0.2) is 47.2 Å². The lowest BCUT2D eigenvalue weighted by molar-refractivity contribution is -0.140. The third-order valence-electron chi connectivity index (χ3n) is 11.8. The number of Topliss-reactive ketones (excluding diaryl/α,β-unsaturated/α-hetero) is 1. The fourth-order valence-corrected chi connectivity index (χ4v) is 8.00. The molecule has 26 heteroatoms. The van der Waals surface area contributed by atoms with Gasteiger partial charge in [-0.2, -0.15) is 0 Å². The molecule has 74 heavy (non-hydrogen) atoms. The molecule has 5 amide bonds. The minimum atomic E-state index is -1.39. The molecule has 1 aromatic heterocycles. The summed E-state index contributed by atoms with van der Waals surface area (Å²) >= 11 is 3.30. The molecule has 3 rings (SSSR count). The Kier molecular flexibility index (Phi) is 27.7. The molecule has 0 saturated carbocycles. The van der Waals surface area contributed by atoms with Crippen molar-refractivity contribution in [2.24, 2.45) is 0 Å². The normalized spacial score (nSPS) is 15.0. The molecule has 2 heterocycles. The van der Waals surface area contributed by atoms with E-state index in [1.54, 1.807) is 62.2 Å². The molecule has 0 spiro atoms. The lowest BCUT2D eigenvalue weighted by Crippen LogP contribution is -2.51. The Balaban J connectivity index is 1.48. The number of hydrogen-bond acceptors (Lipinski definition) is 15. The maximum atomic E-state index is 13.8. The SMILES string of the molecule is CC(=O)CC[C@@H](NC(=O)N[C@H](CCCCN(Cc1ccc(Br)nc1)C(=O)c1ccc(CNC(=O)CCCCNC(=O)CN2CCN(CC(=O)O)CCN(CC(=O)O)CCN(CC(=O)O)CC2)cc1)C(=O)O)C(=O)O. The summed E-state index contributed by atoms with van der Waals surface area (Å²) < 4.78 is 0.603. The van der Waals surface area contributed by atoms with Crippen molar-refractivity contribution >= 4 is 75.3 Å². The van der Waals surface area contributed by atoms with Crippen molar-refractivity contribution in [2.75, 3.05) is 91.6 Å². The molecule has 1 aromatic carbocycles. The van der Waals surface area contributed by atoms with E-state index in [9.17, 15) is 73.5 Å². The van der Waals surface area contributed by atoms with Gasteiger partial charge in [0.2, 0.25) is 11.8 Å². The van der Waals surface area contributed by atoms with Gasteiger partial charge in [0, 0.05) is 103 Å². The van der Waals surface area contributed by atoms with Crippen LogP contribution in [0.5, 0.6) is 0 Å². The van der Waals surface area contributed by atoms with Gasteiger partial charge in [-0.05, 0) is 90.7 Å². The highest BCUT2D eigenvalue weighted by atomic mass is 79.9. The number of carboxylic acid groups (broad SMARTS) is 5. The van der Waals surface area contributed by atoms with E-state index in [-0.39, 0.29) is 141 Å². The Hall–Kier alpha value is -6.61. The number of hydrogen-bond donors (Lipinski definition) is 9. The van der Waals surface area contributed by atoms with E-state index in [2.05, 4.69) is 42.2 Å². The molecule has 1 aliphatic heterocycles. The monoisotopic (exact) mass is 1100 g/mol. The molecule has 0 bridgehead atoms. The molecule has 25 nitrogen and oxygen atoms in total. The second-order valence-electron chi connectivity index (χ2n) is 17.9. The first kappa shape index (κ1) is 61.7. The minimum Gasteiger partial charge on any atom is -0.480 e. The fourth-order valence-electron chi connectivity index (χ4n) is 7.76. The molecule has 0 unspecified atom stereocenters. The van der Waals surface area contributed by atoms with Crippen LogP contribution in [-0.4, -0.2) is 218 Å². The van der Waals surface area contributed by atoms with E-state index >= 15 is 0 Å². The number of pyridine rings is 1. The van der Waals surface area contributed by atoms with Crippen LogP contribution in [0.4, 0.5) is 4.79 Å². The molecular formula is C48H69BrN10O15. The van der Waals surface area contributed by atoms with Crippen molar-refractivity contribution in [2.45, 2.75) is 83.5 Å². The third kappa shape index (κ3) is 25.9. The summed E-state index contributed by atoms with van der Waals surface area (Å²) in [6, 6.07) is 6.49. The van der Waals surface area contributed by atoms with Crippen molar-refractivity contribution in [3.05, 3.63) is 63.9 Å². The van der Waals surface area contributed by atoms with Gasteiger partial charge < -0.3 is 56.5 Å². The molecule has 408 valence electrons. The van der Waals surface area contributed by atoms with Crippen LogP contribution in [0.25, 0.3) is 0 Å². The first-order valence-electron chi connectivity index (χ1n) is 24.3. The van der Waals surface area contributed by atoms with Crippen LogP contribution in [0, 0.1) is 0 Å². The first-order valence-corrected chi connectivity index (χ1v) is 25.1. The summed E-state index contributed by atoms with van der Waals surface area (Å²) in [5.74, 6) is -6.94. The summed E-state index contributed by atoms with van der Waals surface area (Å²) in [5, 5.41) is 57.6. The Labute approximate surface area is 437 Å². The average molecular weight is 1110 g/mol. The van der Waals surface area contributed by atoms with Crippen LogP contribution in [0.1, 0.15) is 79.8 Å². The number of unbranched alkanes of at least 4 members (excludes halogenated alkanes) is 2. The molecule has 1 saturated heterocycles. The summed E-state index contributed by atoms with van der Waals surface area (Å²) in [5.41, 5.74) is 1.83. The first-order chi connectivity index (χ1) is 35.2. The summed E-state index contributed by atoms with van der Waals surface area (Å²) in [6.07, 6.45) is 3.13. The zero-order valence-electron chi connectivity index (χ0n) is 41.5. The molecule has 1 fully saturated rings. The van der Waals surface area contributed by atoms with Crippen molar-refractivity contribution in [3.63, 3.8) is 0 Å². The molecule has 0 aliphatic carbocycles. The molecule has 1 aliphatic rings. The smallest absolute Gasteiger partial charge is 0.326 e. The maximum absolute atomic E-state index is 13.8. The van der Waals surface area contributed by atoms with Crippen molar-refractivity contribution in [1.29, 1.82) is 0 Å². The van der Waals surface area contributed by atoms with Crippen LogP contribution in [0.3, 0.4) is 0 Å². The lowest BCUT2D eigenvalue weighted by Gasteiger charge is -2.32. The number of carbonyl (C=O) groups excluding carboxylic acids is 5. The van der Waals surface area contributed by atoms with Gasteiger partial charge in [0.1, 0.15) is 22.5 Å². The van der Waals surface area contributed by atoms with Crippen molar-refractivity contribution in [3.8, 4) is 0 Å². The number of carboxylic acids is 5. The number of nitrogens with zero attached hydrogens (tertiary/aromatic N) is 6. The highest BCUT2D eigenvalue weighted by Crippen LogP contribution is 2.16. The number of rotatable bonds is 30. The van der Waals surface area contributed by atoms with Gasteiger partial charge >= 0.3 is 35.9 Å². The Morgan fingerprint density at radius 2 is 1.09 bits per heavy atom. The zero-order chi connectivity index (χ0) is 54.6. The quantitative estimate of drug-likeness (QED) is 0.0382. The van der Waals surface area contributed by atoms with Gasteiger partial charge in [0.15, 0.2) is 0 Å². The van der Waals surface area contributed by atoms with Crippen LogP contribution in [0.2, 0.25) is 0 Å². The van der Waals surface area contributed by atoms with Gasteiger partial charge in [-0.1, -0.05) is 18.2 Å². The second-order valence-corrected chi connectivity index (χ2v) is 18.7. The van der Waals surface area contributed by atoms with E-state index < -0.39 is 48.0 Å². The molecule has 0 radical (unpaired) electrons. The number of carbonyl (C=O) groups is 10. The van der Waals surface area contributed by atoms with E-state index in [0.717, 1.165) is 11.1 Å². The largest absolute Gasteiger partial charge is 0.480 e. The van der Waals surface area contributed by atoms with Gasteiger partial charge in [-0.25, -0.2) is 19.4 Å². The van der Waals surface area contributed by atoms with E-state index in [1.807, 2.05) is 4.90 Å². The number of aliphatic carboxylic acids is 5. The summed E-state index contributed by atoms with van der Waals surface area (Å²) in [4.78, 5) is 134. The zero-order valence-corrected chi connectivity index (χ0v) is 43.1. The van der Waals surface area contributed by atoms with Crippen LogP contribution >= 0.6 is 15.9 Å². The Morgan fingerprint density at radius 1 is 0.595 bits per heavy atom. The van der Waals surface area contributed by atoms with Crippen molar-refractivity contribution in [1.82, 2.24) is 50.8 Å². The van der Waals surface area contributed by atoms with Gasteiger partial charge in [0.05, 0.1) is 26.2 Å². The number of aromatic nitrogens is 1. The lowest BCUT2D eigenvalue weighted by atomic mass is 10.1. The highest BCUT2D eigenvalue weighted by molar-refractivity contribution is 9.10. The van der Waals surface area contributed by atoms with E-state index in [4.69, 9.17) is 0 Å². The number of amides is 5. The van der Waals surface area contributed by atoms with Crippen molar-refractivity contribution < 1.29 is 73.5 Å². The standard InChI is InChI=1S/C48H69BrN10O15/c1-33(60)8-14-38(47(72)73)54-48(74)53-37(46(70)71)6-3-5-17-59(28-35-11-15-39(49)51-27-35)45(69)36-12-9-34(10-13-36)26-52-40(61)7-2-4-16-50-41(62)29-55-18-20-56(30-42(63)64)22-24-58(32-44(67)68)25-23-57(21-19-55)31-43(65)66/h9-13,15,27,37-38H,2-8,14,16-26,28-32H2,1H3,(H,50,62)(H,52,61)(H,63,64)(H,65,66)(H,67,68)(H,70,71)(H,72,73)(H2,53,54,74)/t37-,38-/m1/s1. The number of nitrogens with one attached hydrogen (secondary N) is 4. The molecule has 9 N–H and O–H groups in total. The molecular weight excluding hydrogens is 1040 g/mol. The summed E-state index contributed by atoms with van der Waals surface area (Å²) in [6.45, 7) is 3.50. The second kappa shape index (κ2) is 33.3. The number of halogens is 1. The molecule has 2 atom stereocenters. The average Bonchev–Trinajstić information content (AvgIpc) is 3.33. The fraction of sp³-hybridized carbons (Fsp3) is 0.562. The van der Waals surface area contributed by atoms with Crippen LogP contribution in [-0.2, 0) is 51.4 Å². The topological polar surface area (TPSA) is 349 Å². The van der Waals surface area contributed by atoms with Gasteiger partial charge in [-0.3, -0.25) is 48.4 Å². The maximum Gasteiger partial charge on any atom is 0.326 e. The van der Waals surface area contributed by atoms with E-state index in [1.165, 1.54) is 6.92 Å². The number of ketones is 1. The van der Waals surface area contributed by atoms with Gasteiger partial charge in [-0.15, -0.1) is 0 Å². The Bertz CT molecular complexity index is 2170. The predicted molar refractivity (Wildman–Crippen MR) is 269 cm³/mol.